The maximum atomic E-state index is 6.14. The van der Waals surface area contributed by atoms with Gasteiger partial charge in [0.15, 0.2) is 0 Å². The van der Waals surface area contributed by atoms with E-state index in [1.807, 2.05) is 17.8 Å². The molecule has 0 amide bonds. The van der Waals surface area contributed by atoms with Gasteiger partial charge in [0.1, 0.15) is 11.9 Å². The fourth-order valence-corrected chi connectivity index (χ4v) is 3.16. The van der Waals surface area contributed by atoms with Crippen molar-refractivity contribution >= 4 is 11.8 Å². The van der Waals surface area contributed by atoms with Crippen molar-refractivity contribution in [2.24, 2.45) is 5.73 Å². The molecule has 1 fully saturated rings. The minimum absolute atomic E-state index is 0.365. The number of rotatable bonds is 4. The summed E-state index contributed by atoms with van der Waals surface area (Å²) in [4.78, 5) is 0. The molecule has 0 radical (unpaired) electrons. The molecule has 17 heavy (non-hydrogen) atoms. The van der Waals surface area contributed by atoms with Gasteiger partial charge in [0.2, 0.25) is 0 Å². The molecule has 1 atom stereocenters. The van der Waals surface area contributed by atoms with Gasteiger partial charge in [-0.25, -0.2) is 0 Å². The fraction of sp³-hybridized carbons (Fsp3) is 0.571. The first kappa shape index (κ1) is 12.8. The molecule has 1 heterocycles. The summed E-state index contributed by atoms with van der Waals surface area (Å²) in [6.45, 7) is 2.82. The Morgan fingerprint density at radius 1 is 1.35 bits per heavy atom. The highest BCUT2D eigenvalue weighted by Crippen LogP contribution is 2.29. The summed E-state index contributed by atoms with van der Waals surface area (Å²) < 4.78 is 6.14. The molecule has 1 aromatic carbocycles. The van der Waals surface area contributed by atoms with Gasteiger partial charge in [0.05, 0.1) is 0 Å². The first-order valence-corrected chi connectivity index (χ1v) is 7.50. The highest BCUT2D eigenvalue weighted by molar-refractivity contribution is 7.99. The Balaban J connectivity index is 2.08. The maximum Gasteiger partial charge on any atom is 0.123 e. The van der Waals surface area contributed by atoms with Crippen LogP contribution < -0.4 is 10.5 Å². The van der Waals surface area contributed by atoms with Gasteiger partial charge in [-0.2, -0.15) is 11.8 Å². The van der Waals surface area contributed by atoms with E-state index in [0.717, 1.165) is 18.6 Å². The summed E-state index contributed by atoms with van der Waals surface area (Å²) in [5.41, 5.74) is 6.99. The molecule has 0 aliphatic carbocycles. The standard InChI is InChI=1S/C14H21NOS/c1-11(10-15)13-4-2-3-5-14(13)16-12-6-8-17-9-7-12/h2-5,11-12H,6-10,15H2,1H3. The zero-order valence-corrected chi connectivity index (χ0v) is 11.2. The molecule has 1 aliphatic rings. The average molecular weight is 251 g/mol. The quantitative estimate of drug-likeness (QED) is 0.893. The Kier molecular flexibility index (Phi) is 4.75. The third-order valence-electron chi connectivity index (χ3n) is 3.27. The van der Waals surface area contributed by atoms with Crippen LogP contribution in [0.2, 0.25) is 0 Å². The van der Waals surface area contributed by atoms with Crippen LogP contribution in [-0.2, 0) is 0 Å². The van der Waals surface area contributed by atoms with E-state index >= 15 is 0 Å². The lowest BCUT2D eigenvalue weighted by atomic mass is 10.0. The summed E-state index contributed by atoms with van der Waals surface area (Å²) in [6.07, 6.45) is 2.72. The van der Waals surface area contributed by atoms with Crippen molar-refractivity contribution in [1.29, 1.82) is 0 Å². The van der Waals surface area contributed by atoms with E-state index in [1.54, 1.807) is 0 Å². The Morgan fingerprint density at radius 3 is 2.76 bits per heavy atom. The average Bonchev–Trinajstić information content (AvgIpc) is 2.40. The molecule has 0 saturated carbocycles. The van der Waals surface area contributed by atoms with Crippen molar-refractivity contribution in [2.75, 3.05) is 18.1 Å². The van der Waals surface area contributed by atoms with Crippen molar-refractivity contribution < 1.29 is 4.74 Å². The van der Waals surface area contributed by atoms with Gasteiger partial charge in [-0.1, -0.05) is 25.1 Å². The number of nitrogens with two attached hydrogens (primary N) is 1. The van der Waals surface area contributed by atoms with E-state index in [9.17, 15) is 0 Å². The van der Waals surface area contributed by atoms with Crippen molar-refractivity contribution in [2.45, 2.75) is 31.8 Å². The summed E-state index contributed by atoms with van der Waals surface area (Å²) in [7, 11) is 0. The van der Waals surface area contributed by atoms with E-state index in [1.165, 1.54) is 17.1 Å². The number of para-hydroxylation sites is 1. The molecule has 2 rings (SSSR count). The van der Waals surface area contributed by atoms with Crippen LogP contribution in [0, 0.1) is 0 Å². The first-order valence-electron chi connectivity index (χ1n) is 6.34. The number of ether oxygens (including phenoxy) is 1. The molecular formula is C14H21NOS. The summed E-state index contributed by atoms with van der Waals surface area (Å²) in [5.74, 6) is 3.84. The van der Waals surface area contributed by atoms with Gasteiger partial charge >= 0.3 is 0 Å². The van der Waals surface area contributed by atoms with E-state index in [4.69, 9.17) is 10.5 Å². The van der Waals surface area contributed by atoms with Crippen LogP contribution in [0.5, 0.6) is 5.75 Å². The number of thioether (sulfide) groups is 1. The molecule has 2 N–H and O–H groups in total. The summed E-state index contributed by atoms with van der Waals surface area (Å²) in [5, 5.41) is 0. The molecule has 1 saturated heterocycles. The Labute approximate surface area is 108 Å². The van der Waals surface area contributed by atoms with Crippen molar-refractivity contribution in [3.63, 3.8) is 0 Å². The van der Waals surface area contributed by atoms with Gasteiger partial charge in [-0.15, -0.1) is 0 Å². The second-order valence-corrected chi connectivity index (χ2v) is 5.83. The lowest BCUT2D eigenvalue weighted by Crippen LogP contribution is -2.23. The van der Waals surface area contributed by atoms with Gasteiger partial charge in [0, 0.05) is 0 Å². The predicted octanol–water partition coefficient (Wildman–Crippen LogP) is 3.02. The SMILES string of the molecule is CC(CN)c1ccccc1OC1CCSCC1. The van der Waals surface area contributed by atoms with Crippen LogP contribution in [0.4, 0.5) is 0 Å². The third kappa shape index (κ3) is 3.39. The molecule has 1 unspecified atom stereocenters. The van der Waals surface area contributed by atoms with Crippen molar-refractivity contribution in [3.8, 4) is 5.75 Å². The molecule has 3 heteroatoms. The second kappa shape index (κ2) is 6.31. The monoisotopic (exact) mass is 251 g/mol. The van der Waals surface area contributed by atoms with E-state index in [0.29, 0.717) is 18.6 Å². The molecule has 94 valence electrons. The van der Waals surface area contributed by atoms with Crippen molar-refractivity contribution in [3.05, 3.63) is 29.8 Å². The molecule has 0 bridgehead atoms. The van der Waals surface area contributed by atoms with Gasteiger partial charge in [-0.05, 0) is 48.4 Å². The Morgan fingerprint density at radius 2 is 2.06 bits per heavy atom. The molecule has 2 nitrogen and oxygen atoms in total. The Hall–Kier alpha value is -0.670. The zero-order valence-electron chi connectivity index (χ0n) is 10.4. The summed E-state index contributed by atoms with van der Waals surface area (Å²) >= 11 is 2.02. The van der Waals surface area contributed by atoms with E-state index < -0.39 is 0 Å². The van der Waals surface area contributed by atoms with E-state index in [2.05, 4.69) is 25.1 Å². The van der Waals surface area contributed by atoms with Crippen LogP contribution in [-0.4, -0.2) is 24.2 Å². The van der Waals surface area contributed by atoms with Crippen LogP contribution in [0.25, 0.3) is 0 Å². The normalized spacial score (nSPS) is 18.9. The zero-order chi connectivity index (χ0) is 12.1. The van der Waals surface area contributed by atoms with E-state index in [-0.39, 0.29) is 0 Å². The molecule has 0 aromatic heterocycles. The second-order valence-electron chi connectivity index (χ2n) is 4.60. The Bertz CT molecular complexity index is 350. The molecule has 1 aliphatic heterocycles. The summed E-state index contributed by atoms with van der Waals surface area (Å²) in [6, 6.07) is 8.30. The third-order valence-corrected chi connectivity index (χ3v) is 4.31. The van der Waals surface area contributed by atoms with Gasteiger partial charge in [-0.3, -0.25) is 0 Å². The van der Waals surface area contributed by atoms with Gasteiger partial charge < -0.3 is 10.5 Å². The van der Waals surface area contributed by atoms with Gasteiger partial charge in [0.25, 0.3) is 0 Å². The van der Waals surface area contributed by atoms with Crippen LogP contribution in [0.3, 0.4) is 0 Å². The highest BCUT2D eigenvalue weighted by Gasteiger charge is 2.17. The van der Waals surface area contributed by atoms with Crippen LogP contribution in [0.1, 0.15) is 31.2 Å². The number of hydrogen-bond acceptors (Lipinski definition) is 3. The first-order chi connectivity index (χ1) is 8.31. The highest BCUT2D eigenvalue weighted by atomic mass is 32.2. The maximum absolute atomic E-state index is 6.14. The predicted molar refractivity (Wildman–Crippen MR) is 74.9 cm³/mol. The van der Waals surface area contributed by atoms with Crippen LogP contribution in [0.15, 0.2) is 24.3 Å². The number of benzene rings is 1. The van der Waals surface area contributed by atoms with Crippen LogP contribution >= 0.6 is 11.8 Å². The minimum Gasteiger partial charge on any atom is -0.490 e. The fourth-order valence-electron chi connectivity index (χ4n) is 2.10. The lowest BCUT2D eigenvalue weighted by molar-refractivity contribution is 0.190. The largest absolute Gasteiger partial charge is 0.490 e. The minimum atomic E-state index is 0.365. The van der Waals surface area contributed by atoms with Crippen molar-refractivity contribution in [1.82, 2.24) is 0 Å². The molecule has 0 spiro atoms. The molecule has 1 aromatic rings. The lowest BCUT2D eigenvalue weighted by Gasteiger charge is -2.25. The smallest absolute Gasteiger partial charge is 0.123 e. The molecular weight excluding hydrogens is 230 g/mol. The number of hydrogen-bond donors (Lipinski definition) is 1. The topological polar surface area (TPSA) is 35.2 Å².